The lowest BCUT2D eigenvalue weighted by Crippen LogP contribution is -2.32. The summed E-state index contributed by atoms with van der Waals surface area (Å²) in [5, 5.41) is 4.29. The second-order valence-corrected chi connectivity index (χ2v) is 5.82. The molecular weight excluding hydrogens is 336 g/mol. The molecule has 2 atom stereocenters. The van der Waals surface area contributed by atoms with Crippen LogP contribution in [0, 0.1) is 3.57 Å². The lowest BCUT2D eigenvalue weighted by molar-refractivity contribution is 0.0232. The van der Waals surface area contributed by atoms with E-state index in [0.29, 0.717) is 12.1 Å². The highest BCUT2D eigenvalue weighted by Crippen LogP contribution is 2.26. The number of anilines is 1. The molecule has 0 saturated carbocycles. The van der Waals surface area contributed by atoms with E-state index in [0.717, 1.165) is 33.7 Å². The molecule has 0 aliphatic carbocycles. The van der Waals surface area contributed by atoms with Gasteiger partial charge in [0.15, 0.2) is 0 Å². The summed E-state index contributed by atoms with van der Waals surface area (Å²) in [5.74, 6) is 0. The summed E-state index contributed by atoms with van der Waals surface area (Å²) < 4.78 is 6.68. The summed E-state index contributed by atoms with van der Waals surface area (Å²) in [7, 11) is 0. The van der Waals surface area contributed by atoms with Crippen LogP contribution in [-0.2, 0) is 4.74 Å². The molecule has 2 nitrogen and oxygen atoms in total. The van der Waals surface area contributed by atoms with E-state index in [9.17, 15) is 0 Å². The fraction of sp³-hybridized carbons (Fsp3) is 0.500. The largest absolute Gasteiger partial charge is 0.381 e. The van der Waals surface area contributed by atoms with Crippen molar-refractivity contribution in [1.82, 2.24) is 0 Å². The Bertz CT molecular complexity index is 372. The molecule has 1 saturated heterocycles. The van der Waals surface area contributed by atoms with Gasteiger partial charge in [-0.05, 0) is 60.6 Å². The van der Waals surface area contributed by atoms with Crippen molar-refractivity contribution in [2.75, 3.05) is 11.9 Å². The standard InChI is InChI=1S/C12H15ClINO/c1-8-6-10(4-5-16-8)15-12-3-2-9(14)7-11(12)13/h2-3,7-8,10,15H,4-6H2,1H3. The molecule has 1 aromatic rings. The van der Waals surface area contributed by atoms with E-state index in [2.05, 4.69) is 40.9 Å². The quantitative estimate of drug-likeness (QED) is 0.815. The minimum Gasteiger partial charge on any atom is -0.381 e. The van der Waals surface area contributed by atoms with E-state index in [-0.39, 0.29) is 0 Å². The number of benzene rings is 1. The fourth-order valence-corrected chi connectivity index (χ4v) is 2.87. The van der Waals surface area contributed by atoms with Gasteiger partial charge in [-0.2, -0.15) is 0 Å². The highest BCUT2D eigenvalue weighted by Gasteiger charge is 2.19. The van der Waals surface area contributed by atoms with E-state index >= 15 is 0 Å². The monoisotopic (exact) mass is 351 g/mol. The van der Waals surface area contributed by atoms with Gasteiger partial charge in [0.1, 0.15) is 0 Å². The molecule has 88 valence electrons. The summed E-state index contributed by atoms with van der Waals surface area (Å²) in [6.45, 7) is 2.95. The smallest absolute Gasteiger partial charge is 0.0648 e. The maximum Gasteiger partial charge on any atom is 0.0648 e. The van der Waals surface area contributed by atoms with Crippen molar-refractivity contribution in [3.8, 4) is 0 Å². The highest BCUT2D eigenvalue weighted by molar-refractivity contribution is 14.1. The summed E-state index contributed by atoms with van der Waals surface area (Å²) in [6.07, 6.45) is 2.43. The first-order valence-electron chi connectivity index (χ1n) is 5.48. The Morgan fingerprint density at radius 1 is 1.50 bits per heavy atom. The molecule has 0 spiro atoms. The second-order valence-electron chi connectivity index (χ2n) is 4.17. The molecule has 0 radical (unpaired) electrons. The predicted molar refractivity (Wildman–Crippen MR) is 76.2 cm³/mol. The van der Waals surface area contributed by atoms with Crippen LogP contribution in [0.25, 0.3) is 0 Å². The van der Waals surface area contributed by atoms with Crippen molar-refractivity contribution >= 4 is 39.9 Å². The van der Waals surface area contributed by atoms with Gasteiger partial charge in [-0.15, -0.1) is 0 Å². The van der Waals surface area contributed by atoms with Crippen LogP contribution in [0.3, 0.4) is 0 Å². The van der Waals surface area contributed by atoms with Gasteiger partial charge < -0.3 is 10.1 Å². The van der Waals surface area contributed by atoms with Crippen LogP contribution < -0.4 is 5.32 Å². The van der Waals surface area contributed by atoms with Crippen LogP contribution in [0.2, 0.25) is 5.02 Å². The summed E-state index contributed by atoms with van der Waals surface area (Å²) >= 11 is 8.45. The fourth-order valence-electron chi connectivity index (χ4n) is 1.96. The van der Waals surface area contributed by atoms with E-state index in [4.69, 9.17) is 16.3 Å². The highest BCUT2D eigenvalue weighted by atomic mass is 127. The van der Waals surface area contributed by atoms with E-state index < -0.39 is 0 Å². The molecule has 0 bridgehead atoms. The third-order valence-corrected chi connectivity index (χ3v) is 3.76. The molecule has 1 aliphatic heterocycles. The van der Waals surface area contributed by atoms with Crippen molar-refractivity contribution in [1.29, 1.82) is 0 Å². The summed E-state index contributed by atoms with van der Waals surface area (Å²) in [4.78, 5) is 0. The Morgan fingerprint density at radius 2 is 2.31 bits per heavy atom. The molecule has 0 amide bonds. The zero-order valence-electron chi connectivity index (χ0n) is 9.17. The van der Waals surface area contributed by atoms with E-state index in [1.165, 1.54) is 0 Å². The topological polar surface area (TPSA) is 21.3 Å². The molecule has 1 aromatic carbocycles. The van der Waals surface area contributed by atoms with Crippen molar-refractivity contribution in [3.63, 3.8) is 0 Å². The Morgan fingerprint density at radius 3 is 3.00 bits per heavy atom. The number of halogens is 2. The third-order valence-electron chi connectivity index (χ3n) is 2.78. The van der Waals surface area contributed by atoms with Crippen molar-refractivity contribution in [2.45, 2.75) is 31.9 Å². The first kappa shape index (κ1) is 12.5. The summed E-state index contributed by atoms with van der Waals surface area (Å²) in [5.41, 5.74) is 1.03. The second kappa shape index (κ2) is 5.56. The molecular formula is C12H15ClINO. The van der Waals surface area contributed by atoms with Crippen LogP contribution in [-0.4, -0.2) is 18.8 Å². The Balaban J connectivity index is 2.02. The molecule has 2 rings (SSSR count). The number of hydrogen-bond donors (Lipinski definition) is 1. The average Bonchev–Trinajstić information content (AvgIpc) is 2.22. The molecule has 1 heterocycles. The van der Waals surface area contributed by atoms with Gasteiger partial charge in [0.05, 0.1) is 16.8 Å². The minimum atomic E-state index is 0.342. The van der Waals surface area contributed by atoms with Gasteiger partial charge in [0.25, 0.3) is 0 Å². The molecule has 1 fully saturated rings. The first-order valence-corrected chi connectivity index (χ1v) is 6.94. The van der Waals surface area contributed by atoms with Crippen molar-refractivity contribution < 1.29 is 4.74 Å². The lowest BCUT2D eigenvalue weighted by Gasteiger charge is -2.29. The zero-order valence-corrected chi connectivity index (χ0v) is 12.1. The van der Waals surface area contributed by atoms with Crippen LogP contribution in [0.4, 0.5) is 5.69 Å². The normalized spacial score (nSPS) is 25.4. The third kappa shape index (κ3) is 3.25. The molecule has 4 heteroatoms. The molecule has 1 N–H and O–H groups in total. The van der Waals surface area contributed by atoms with Crippen molar-refractivity contribution in [3.05, 3.63) is 26.8 Å². The van der Waals surface area contributed by atoms with Gasteiger partial charge in [-0.3, -0.25) is 0 Å². The van der Waals surface area contributed by atoms with Crippen LogP contribution in [0.1, 0.15) is 19.8 Å². The van der Waals surface area contributed by atoms with Gasteiger partial charge in [-0.25, -0.2) is 0 Å². The maximum atomic E-state index is 6.19. The number of nitrogens with one attached hydrogen (secondary N) is 1. The SMILES string of the molecule is CC1CC(Nc2ccc(I)cc2Cl)CCO1. The molecule has 2 unspecified atom stereocenters. The van der Waals surface area contributed by atoms with Gasteiger partial charge in [-0.1, -0.05) is 11.6 Å². The number of rotatable bonds is 2. The number of hydrogen-bond acceptors (Lipinski definition) is 2. The van der Waals surface area contributed by atoms with Crippen LogP contribution >= 0.6 is 34.2 Å². The van der Waals surface area contributed by atoms with Crippen LogP contribution in [0.5, 0.6) is 0 Å². The van der Waals surface area contributed by atoms with Gasteiger partial charge in [0.2, 0.25) is 0 Å². The molecule has 16 heavy (non-hydrogen) atoms. The Kier molecular flexibility index (Phi) is 4.33. The summed E-state index contributed by atoms with van der Waals surface area (Å²) in [6, 6.07) is 6.57. The average molecular weight is 352 g/mol. The Hall–Kier alpha value is -0.000000000000000132. The zero-order chi connectivity index (χ0) is 11.5. The van der Waals surface area contributed by atoms with Crippen molar-refractivity contribution in [2.24, 2.45) is 0 Å². The minimum absolute atomic E-state index is 0.342. The molecule has 0 aromatic heterocycles. The first-order chi connectivity index (χ1) is 7.65. The lowest BCUT2D eigenvalue weighted by atomic mass is 10.0. The number of ether oxygens (including phenoxy) is 1. The molecule has 1 aliphatic rings. The predicted octanol–water partition coefficient (Wildman–Crippen LogP) is 3.92. The van der Waals surface area contributed by atoms with Gasteiger partial charge >= 0.3 is 0 Å². The van der Waals surface area contributed by atoms with E-state index in [1.807, 2.05) is 12.1 Å². The maximum absolute atomic E-state index is 6.19. The van der Waals surface area contributed by atoms with E-state index in [1.54, 1.807) is 0 Å². The Labute approximate surface area is 115 Å². The van der Waals surface area contributed by atoms with Gasteiger partial charge in [0, 0.05) is 16.2 Å². The van der Waals surface area contributed by atoms with Crippen LogP contribution in [0.15, 0.2) is 18.2 Å².